The lowest BCUT2D eigenvalue weighted by Gasteiger charge is -2.39. The van der Waals surface area contributed by atoms with E-state index in [1.807, 2.05) is 13.0 Å². The number of piperidine rings is 1. The Labute approximate surface area is 232 Å². The lowest BCUT2D eigenvalue weighted by atomic mass is 9.89. The van der Waals surface area contributed by atoms with E-state index in [1.165, 1.54) is 71.3 Å². The first-order valence-corrected chi connectivity index (χ1v) is 16.9. The Balaban J connectivity index is 1.26. The second kappa shape index (κ2) is 12.7. The molecule has 0 radical (unpaired) electrons. The summed E-state index contributed by atoms with van der Waals surface area (Å²) in [4.78, 5) is 8.53. The number of nitrogens with zero attached hydrogens (tertiary/aromatic N) is 2. The van der Waals surface area contributed by atoms with Gasteiger partial charge >= 0.3 is 0 Å². The zero-order valence-corrected chi connectivity index (χ0v) is 24.6. The van der Waals surface area contributed by atoms with Gasteiger partial charge in [0.1, 0.15) is 10.6 Å². The molecule has 2 aliphatic carbocycles. The maximum atomic E-state index is 13.6. The van der Waals surface area contributed by atoms with Crippen molar-refractivity contribution in [2.24, 2.45) is 5.92 Å². The molecule has 2 N–H and O–H groups in total. The molecule has 1 aromatic heterocycles. The van der Waals surface area contributed by atoms with Gasteiger partial charge in [0.05, 0.1) is 17.7 Å². The summed E-state index contributed by atoms with van der Waals surface area (Å²) in [6.07, 6.45) is 14.9. The molecule has 0 unspecified atom stereocenters. The molecular weight excluding hydrogens is 516 g/mol. The zero-order chi connectivity index (χ0) is 26.5. The van der Waals surface area contributed by atoms with Gasteiger partial charge in [0.15, 0.2) is 5.13 Å². The number of aryl methyl sites for hydroxylation is 1. The number of thiazole rings is 1. The maximum absolute atomic E-state index is 13.6. The summed E-state index contributed by atoms with van der Waals surface area (Å²) < 4.78 is 35.7. The van der Waals surface area contributed by atoms with Crippen molar-refractivity contribution in [1.29, 1.82) is 0 Å². The average Bonchev–Trinajstić information content (AvgIpc) is 3.33. The Morgan fingerprint density at radius 1 is 1.00 bits per heavy atom. The number of likely N-dealkylation sites (tertiary alicyclic amines) is 1. The van der Waals surface area contributed by atoms with Crippen molar-refractivity contribution in [3.8, 4) is 16.2 Å². The fraction of sp³-hybridized carbons (Fsp3) is 0.690. The van der Waals surface area contributed by atoms with Crippen molar-refractivity contribution in [3.05, 3.63) is 23.9 Å². The van der Waals surface area contributed by atoms with Crippen LogP contribution in [0, 0.1) is 12.8 Å². The van der Waals surface area contributed by atoms with E-state index in [1.54, 1.807) is 23.5 Å². The smallest absolute Gasteiger partial charge is 0.244 e. The monoisotopic (exact) mass is 560 g/mol. The molecule has 1 aliphatic heterocycles. The summed E-state index contributed by atoms with van der Waals surface area (Å²) in [6.45, 7) is 4.88. The van der Waals surface area contributed by atoms with Gasteiger partial charge in [-0.25, -0.2) is 18.1 Å². The van der Waals surface area contributed by atoms with Crippen molar-refractivity contribution < 1.29 is 13.2 Å². The summed E-state index contributed by atoms with van der Waals surface area (Å²) in [6, 6.07) is 6.09. The Morgan fingerprint density at radius 2 is 1.68 bits per heavy atom. The van der Waals surface area contributed by atoms with E-state index in [0.717, 1.165) is 59.7 Å². The number of nitrogens with one attached hydrogen (secondary N) is 2. The van der Waals surface area contributed by atoms with E-state index in [4.69, 9.17) is 9.72 Å². The number of aromatic nitrogens is 1. The quantitative estimate of drug-likeness (QED) is 0.380. The number of ether oxygens (including phenoxy) is 1. The van der Waals surface area contributed by atoms with Crippen LogP contribution in [0.3, 0.4) is 0 Å². The number of sulfonamides is 1. The number of benzene rings is 1. The van der Waals surface area contributed by atoms with Crippen molar-refractivity contribution in [2.75, 3.05) is 32.1 Å². The third-order valence-electron chi connectivity index (χ3n) is 8.72. The topological polar surface area (TPSA) is 83.6 Å². The molecule has 0 amide bonds. The van der Waals surface area contributed by atoms with Crippen LogP contribution in [-0.2, 0) is 10.0 Å². The van der Waals surface area contributed by atoms with Crippen LogP contribution in [-0.4, -0.2) is 57.1 Å². The second-order valence-corrected chi connectivity index (χ2v) is 14.1. The Morgan fingerprint density at radius 3 is 2.37 bits per heavy atom. The molecule has 210 valence electrons. The molecule has 0 bridgehead atoms. The first-order chi connectivity index (χ1) is 18.4. The predicted molar refractivity (Wildman–Crippen MR) is 156 cm³/mol. The van der Waals surface area contributed by atoms with Crippen LogP contribution in [0.15, 0.2) is 23.1 Å². The summed E-state index contributed by atoms with van der Waals surface area (Å²) in [7, 11) is -2.20. The molecule has 2 heterocycles. The lowest BCUT2D eigenvalue weighted by Crippen LogP contribution is -2.48. The van der Waals surface area contributed by atoms with Gasteiger partial charge in [-0.2, -0.15) is 0 Å². The highest BCUT2D eigenvalue weighted by atomic mass is 32.2. The van der Waals surface area contributed by atoms with Crippen LogP contribution < -0.4 is 14.8 Å². The van der Waals surface area contributed by atoms with Crippen molar-refractivity contribution in [1.82, 2.24) is 14.6 Å². The van der Waals surface area contributed by atoms with Gasteiger partial charge in [0.2, 0.25) is 10.0 Å². The third kappa shape index (κ3) is 6.72. The normalized spacial score (nSPS) is 21.0. The molecule has 5 rings (SSSR count). The van der Waals surface area contributed by atoms with Crippen LogP contribution >= 0.6 is 11.3 Å². The second-order valence-electron chi connectivity index (χ2n) is 11.4. The van der Waals surface area contributed by atoms with Crippen LogP contribution in [0.2, 0.25) is 0 Å². The van der Waals surface area contributed by atoms with Gasteiger partial charge in [-0.15, -0.1) is 0 Å². The molecule has 3 fully saturated rings. The van der Waals surface area contributed by atoms with E-state index in [0.29, 0.717) is 11.8 Å². The zero-order valence-electron chi connectivity index (χ0n) is 23.0. The van der Waals surface area contributed by atoms with Crippen molar-refractivity contribution in [2.45, 2.75) is 101 Å². The van der Waals surface area contributed by atoms with Crippen LogP contribution in [0.1, 0.15) is 82.7 Å². The van der Waals surface area contributed by atoms with Crippen LogP contribution in [0.25, 0.3) is 10.4 Å². The molecular formula is C29H44N4O3S2. The SMILES string of the molecule is COc1ccc(-c2sc(NCC3CCCCC3)nc2C)cc1S(=O)(=O)NC1CCN(C2CCCCC2)CC1. The third-order valence-corrected chi connectivity index (χ3v) is 11.4. The van der Waals surface area contributed by atoms with Gasteiger partial charge < -0.3 is 15.0 Å². The molecule has 2 aromatic rings. The van der Waals surface area contributed by atoms with Crippen molar-refractivity contribution >= 4 is 26.5 Å². The molecule has 3 aliphatic rings. The minimum absolute atomic E-state index is 0.0473. The summed E-state index contributed by atoms with van der Waals surface area (Å²) in [5, 5.41) is 4.45. The minimum Gasteiger partial charge on any atom is -0.495 e. The molecule has 1 saturated heterocycles. The highest BCUT2D eigenvalue weighted by Crippen LogP contribution is 2.37. The van der Waals surface area contributed by atoms with E-state index in [2.05, 4.69) is 14.9 Å². The van der Waals surface area contributed by atoms with Gasteiger partial charge in [0, 0.05) is 18.6 Å². The molecule has 38 heavy (non-hydrogen) atoms. The maximum Gasteiger partial charge on any atom is 0.244 e. The van der Waals surface area contributed by atoms with Gasteiger partial charge in [-0.3, -0.25) is 0 Å². The van der Waals surface area contributed by atoms with E-state index in [-0.39, 0.29) is 10.9 Å². The van der Waals surface area contributed by atoms with Gasteiger partial charge in [-0.05, 0) is 88.2 Å². The van der Waals surface area contributed by atoms with Gasteiger partial charge in [0.25, 0.3) is 0 Å². The molecule has 0 spiro atoms. The first-order valence-electron chi connectivity index (χ1n) is 14.6. The van der Waals surface area contributed by atoms with Gasteiger partial charge in [-0.1, -0.05) is 49.9 Å². The minimum atomic E-state index is -3.73. The number of hydrogen-bond donors (Lipinski definition) is 2. The van der Waals surface area contributed by atoms with E-state index < -0.39 is 10.0 Å². The van der Waals surface area contributed by atoms with Crippen molar-refractivity contribution in [3.63, 3.8) is 0 Å². The number of rotatable bonds is 9. The molecule has 0 atom stereocenters. The number of methoxy groups -OCH3 is 1. The largest absolute Gasteiger partial charge is 0.495 e. The van der Waals surface area contributed by atoms with E-state index >= 15 is 0 Å². The fourth-order valence-electron chi connectivity index (χ4n) is 6.50. The first kappa shape index (κ1) is 27.9. The Bertz CT molecular complexity index is 1160. The molecule has 7 nitrogen and oxygen atoms in total. The number of anilines is 1. The van der Waals surface area contributed by atoms with E-state index in [9.17, 15) is 8.42 Å². The number of hydrogen-bond acceptors (Lipinski definition) is 7. The molecule has 2 saturated carbocycles. The standard InChI is InChI=1S/C29H44N4O3S2/c1-21-28(37-29(31-21)30-20-22-9-5-3-6-10-22)23-13-14-26(36-2)27(19-23)38(34,35)32-24-15-17-33(18-16-24)25-11-7-4-8-12-25/h13-14,19,22,24-25,32H,3-12,15-18,20H2,1-2H3,(H,30,31). The molecule has 9 heteroatoms. The lowest BCUT2D eigenvalue weighted by molar-refractivity contribution is 0.120. The van der Waals surface area contributed by atoms with Crippen LogP contribution in [0.5, 0.6) is 5.75 Å². The summed E-state index contributed by atoms with van der Waals surface area (Å²) >= 11 is 1.60. The molecule has 1 aromatic carbocycles. The Hall–Kier alpha value is -1.68. The summed E-state index contributed by atoms with van der Waals surface area (Å²) in [5.74, 6) is 1.09. The fourth-order valence-corrected chi connectivity index (χ4v) is 8.97. The highest BCUT2D eigenvalue weighted by Gasteiger charge is 2.30. The van der Waals surface area contributed by atoms with Crippen LogP contribution in [0.4, 0.5) is 5.13 Å². The predicted octanol–water partition coefficient (Wildman–Crippen LogP) is 6.19. The Kier molecular flexibility index (Phi) is 9.29. The average molecular weight is 561 g/mol. The summed E-state index contributed by atoms with van der Waals surface area (Å²) in [5.41, 5.74) is 1.77. The highest BCUT2D eigenvalue weighted by molar-refractivity contribution is 7.89.